The van der Waals surface area contributed by atoms with Crippen molar-refractivity contribution >= 4 is 33.0 Å². The van der Waals surface area contributed by atoms with Gasteiger partial charge in [0.15, 0.2) is 9.84 Å². The number of aryl methyl sites for hydroxylation is 1. The lowest BCUT2D eigenvalue weighted by molar-refractivity contribution is -0.123. The third-order valence-corrected chi connectivity index (χ3v) is 8.35. The van der Waals surface area contributed by atoms with Crippen LogP contribution in [0.4, 0.5) is 5.69 Å². The maximum atomic E-state index is 13.0. The number of allylic oxidation sites excluding steroid dienone is 1. The van der Waals surface area contributed by atoms with Crippen molar-refractivity contribution < 1.29 is 13.2 Å². The van der Waals surface area contributed by atoms with Gasteiger partial charge in [-0.1, -0.05) is 29.3 Å². The molecule has 152 valence electrons. The molecule has 2 unspecified atom stereocenters. The Hall–Kier alpha value is -1.37. The highest BCUT2D eigenvalue weighted by Gasteiger charge is 2.49. The van der Waals surface area contributed by atoms with Crippen molar-refractivity contribution in [3.63, 3.8) is 0 Å². The second-order valence-corrected chi connectivity index (χ2v) is 10.8. The van der Waals surface area contributed by atoms with Crippen molar-refractivity contribution in [2.45, 2.75) is 51.1 Å². The number of hydrogen-bond acceptors (Lipinski definition) is 4. The van der Waals surface area contributed by atoms with Gasteiger partial charge in [-0.25, -0.2) is 8.42 Å². The number of sulfone groups is 1. The fourth-order valence-corrected chi connectivity index (χ4v) is 6.84. The summed E-state index contributed by atoms with van der Waals surface area (Å²) in [5.74, 6) is 0.102. The van der Waals surface area contributed by atoms with Gasteiger partial charge in [0.25, 0.3) is 0 Å². The van der Waals surface area contributed by atoms with Gasteiger partial charge in [0.2, 0.25) is 5.91 Å². The van der Waals surface area contributed by atoms with Crippen LogP contribution in [0.2, 0.25) is 5.02 Å². The van der Waals surface area contributed by atoms with Crippen LogP contribution in [0.15, 0.2) is 29.8 Å². The Morgan fingerprint density at radius 2 is 1.96 bits per heavy atom. The summed E-state index contributed by atoms with van der Waals surface area (Å²) >= 11 is 6.27. The highest BCUT2D eigenvalue weighted by atomic mass is 35.5. The van der Waals surface area contributed by atoms with Gasteiger partial charge in [-0.3, -0.25) is 9.69 Å². The molecular weight excluding hydrogens is 396 g/mol. The van der Waals surface area contributed by atoms with Crippen LogP contribution in [0.25, 0.3) is 0 Å². The molecule has 1 aromatic carbocycles. The van der Waals surface area contributed by atoms with Gasteiger partial charge >= 0.3 is 0 Å². The summed E-state index contributed by atoms with van der Waals surface area (Å²) in [6.07, 6.45) is 7.99. The minimum absolute atomic E-state index is 0.0219. The monoisotopic (exact) mass is 422 g/mol. The first-order chi connectivity index (χ1) is 13.3. The molecule has 3 aliphatic rings. The Bertz CT molecular complexity index is 912. The minimum atomic E-state index is -3.17. The predicted molar refractivity (Wildman–Crippen MR) is 113 cm³/mol. The van der Waals surface area contributed by atoms with E-state index in [0.29, 0.717) is 10.7 Å². The molecule has 0 spiro atoms. The quantitative estimate of drug-likeness (QED) is 0.698. The Morgan fingerprint density at radius 1 is 1.18 bits per heavy atom. The highest BCUT2D eigenvalue weighted by Crippen LogP contribution is 2.34. The van der Waals surface area contributed by atoms with E-state index < -0.39 is 9.84 Å². The van der Waals surface area contributed by atoms with Crippen LogP contribution in [0.1, 0.15) is 37.7 Å². The molecule has 7 heteroatoms. The van der Waals surface area contributed by atoms with Crippen LogP contribution in [-0.2, 0) is 14.6 Å². The van der Waals surface area contributed by atoms with Crippen molar-refractivity contribution in [3.05, 3.63) is 40.4 Å². The molecule has 5 nitrogen and oxygen atoms in total. The van der Waals surface area contributed by atoms with Gasteiger partial charge in [-0.2, -0.15) is 0 Å². The SMILES string of the molecule is Cc1ccc(N2C(=O)CN(CCC3=CCCCC3)C3CS(=O)(=O)CC32)cc1Cl. The molecule has 2 heterocycles. The van der Waals surface area contributed by atoms with Crippen LogP contribution in [0, 0.1) is 6.92 Å². The van der Waals surface area contributed by atoms with Crippen LogP contribution < -0.4 is 4.90 Å². The van der Waals surface area contributed by atoms with Gasteiger partial charge in [0.1, 0.15) is 0 Å². The zero-order chi connectivity index (χ0) is 19.9. The first-order valence-corrected chi connectivity index (χ1v) is 12.2. The van der Waals surface area contributed by atoms with E-state index in [1.807, 2.05) is 19.1 Å². The van der Waals surface area contributed by atoms with Crippen molar-refractivity contribution in [2.24, 2.45) is 0 Å². The largest absolute Gasteiger partial charge is 0.306 e. The number of fused-ring (bicyclic) bond motifs is 1. The van der Waals surface area contributed by atoms with Crippen LogP contribution in [0.3, 0.4) is 0 Å². The fourth-order valence-electron chi connectivity index (χ4n) is 4.69. The number of benzene rings is 1. The zero-order valence-electron chi connectivity index (χ0n) is 16.2. The smallest absolute Gasteiger partial charge is 0.241 e. The van der Waals surface area contributed by atoms with Gasteiger partial charge < -0.3 is 4.90 Å². The summed E-state index contributed by atoms with van der Waals surface area (Å²) in [5, 5.41) is 0.592. The van der Waals surface area contributed by atoms with Crippen molar-refractivity contribution in [1.29, 1.82) is 0 Å². The topological polar surface area (TPSA) is 57.7 Å². The molecule has 4 rings (SSSR count). The Kier molecular flexibility index (Phi) is 5.55. The second-order valence-electron chi connectivity index (χ2n) is 8.24. The third kappa shape index (κ3) is 4.00. The normalized spacial score (nSPS) is 27.6. The number of hydrogen-bond donors (Lipinski definition) is 0. The van der Waals surface area contributed by atoms with E-state index in [1.54, 1.807) is 11.0 Å². The van der Waals surface area contributed by atoms with Crippen molar-refractivity contribution in [1.82, 2.24) is 4.90 Å². The number of rotatable bonds is 4. The number of nitrogens with zero attached hydrogens (tertiary/aromatic N) is 2. The van der Waals surface area contributed by atoms with E-state index in [-0.39, 0.29) is 36.0 Å². The number of amides is 1. The van der Waals surface area contributed by atoms with Gasteiger partial charge in [0.05, 0.1) is 24.1 Å². The maximum absolute atomic E-state index is 13.0. The van der Waals surface area contributed by atoms with E-state index in [2.05, 4.69) is 11.0 Å². The first-order valence-electron chi connectivity index (χ1n) is 10.0. The van der Waals surface area contributed by atoms with Crippen LogP contribution >= 0.6 is 11.6 Å². The summed E-state index contributed by atoms with van der Waals surface area (Å²) < 4.78 is 24.9. The van der Waals surface area contributed by atoms with E-state index in [9.17, 15) is 13.2 Å². The maximum Gasteiger partial charge on any atom is 0.241 e. The van der Waals surface area contributed by atoms with E-state index >= 15 is 0 Å². The van der Waals surface area contributed by atoms with Crippen molar-refractivity contribution in [3.8, 4) is 0 Å². The molecule has 0 N–H and O–H groups in total. The molecule has 2 saturated heterocycles. The Morgan fingerprint density at radius 3 is 2.68 bits per heavy atom. The molecule has 0 aromatic heterocycles. The molecule has 28 heavy (non-hydrogen) atoms. The van der Waals surface area contributed by atoms with Gasteiger partial charge in [-0.15, -0.1) is 0 Å². The molecule has 0 bridgehead atoms. The fraction of sp³-hybridized carbons (Fsp3) is 0.571. The third-order valence-electron chi connectivity index (χ3n) is 6.24. The molecule has 1 aromatic rings. The average molecular weight is 423 g/mol. The van der Waals surface area contributed by atoms with Gasteiger partial charge in [-0.05, 0) is 56.7 Å². The average Bonchev–Trinajstić information content (AvgIpc) is 2.98. The van der Waals surface area contributed by atoms with Crippen LogP contribution in [-0.4, -0.2) is 55.9 Å². The molecule has 1 aliphatic carbocycles. The lowest BCUT2D eigenvalue weighted by Crippen LogP contribution is -2.62. The van der Waals surface area contributed by atoms with E-state index in [4.69, 9.17) is 11.6 Å². The molecule has 0 radical (unpaired) electrons. The summed E-state index contributed by atoms with van der Waals surface area (Å²) in [6, 6.07) is 5.03. The first kappa shape index (κ1) is 19.9. The minimum Gasteiger partial charge on any atom is -0.306 e. The number of halogens is 1. The number of carbonyl (C=O) groups is 1. The van der Waals surface area contributed by atoms with E-state index in [1.165, 1.54) is 18.4 Å². The molecule has 2 atom stereocenters. The predicted octanol–water partition coefficient (Wildman–Crippen LogP) is 3.35. The summed E-state index contributed by atoms with van der Waals surface area (Å²) in [7, 11) is -3.17. The summed E-state index contributed by atoms with van der Waals surface area (Å²) in [5.41, 5.74) is 3.08. The molecule has 2 aliphatic heterocycles. The molecular formula is C21H27ClN2O3S. The Balaban J connectivity index is 1.58. The lowest BCUT2D eigenvalue weighted by atomic mass is 9.96. The van der Waals surface area contributed by atoms with E-state index in [0.717, 1.165) is 31.4 Å². The zero-order valence-corrected chi connectivity index (χ0v) is 17.8. The van der Waals surface area contributed by atoms with Gasteiger partial charge in [0, 0.05) is 23.3 Å². The standard InChI is InChI=1S/C21H27ClN2O3S/c1-15-7-8-17(11-18(15)22)24-20-14-28(26,27)13-19(20)23(12-21(24)25)10-9-16-5-3-2-4-6-16/h5,7-8,11,19-20H,2-4,6,9-10,12-14H2,1H3. The lowest BCUT2D eigenvalue weighted by Gasteiger charge is -2.43. The number of carbonyl (C=O) groups excluding carboxylic acids is 1. The Labute approximate surface area is 172 Å². The van der Waals surface area contributed by atoms with Crippen LogP contribution in [0.5, 0.6) is 0 Å². The molecule has 2 fully saturated rings. The highest BCUT2D eigenvalue weighted by molar-refractivity contribution is 7.91. The molecule has 0 saturated carbocycles. The summed E-state index contributed by atoms with van der Waals surface area (Å²) in [6.45, 7) is 2.92. The second kappa shape index (κ2) is 7.81. The number of anilines is 1. The summed E-state index contributed by atoms with van der Waals surface area (Å²) in [4.78, 5) is 16.8. The molecule has 1 amide bonds. The number of piperazine rings is 1. The van der Waals surface area contributed by atoms with Crippen molar-refractivity contribution in [2.75, 3.05) is 29.5 Å².